The highest BCUT2D eigenvalue weighted by Crippen LogP contribution is 2.58. The Morgan fingerprint density at radius 3 is 1.93 bits per heavy atom. The zero-order valence-corrected chi connectivity index (χ0v) is 33.9. The van der Waals surface area contributed by atoms with Gasteiger partial charge in [-0.1, -0.05) is 18.6 Å². The molecule has 4 heterocycles. The molecule has 13 heteroatoms. The fourth-order valence-electron chi connectivity index (χ4n) is 10.7. The molecule has 3 aliphatic carbocycles. The second-order valence-corrected chi connectivity index (χ2v) is 17.2. The Morgan fingerprint density at radius 2 is 1.36 bits per heavy atom. The number of aliphatic hydroxyl groups is 1. The van der Waals surface area contributed by atoms with Crippen LogP contribution in [0.1, 0.15) is 97.3 Å². The van der Waals surface area contributed by atoms with Crippen molar-refractivity contribution in [2.75, 3.05) is 21.3 Å². The van der Waals surface area contributed by atoms with Crippen molar-refractivity contribution in [2.45, 2.75) is 178 Å². The molecule has 0 aromatic carbocycles. The molecule has 0 bridgehead atoms. The standard InChI is InChI=1S/C42H62O13/c1-21-27(13-15-49-21)41(5)14-12-28-26(40(41)45)11-10-25-16-30(29(43)20-42(25,28)6)53-34-18-32(47-8)38(23(3)51-34)55-36-19-33(48-9)39(24(4)52-36)54-35-17-31(46-7)37(44)22(2)50-35/h10,13,15,22-24,26,28,30-39,44H,11-12,14,16-20H2,1-9H3/t22-,23-,24+,26-,28+,30-,31+,32+,33+,34+,35+,36+,37-,38-,39-,41-,42+/m1/s1. The van der Waals surface area contributed by atoms with Crippen molar-refractivity contribution in [1.82, 2.24) is 0 Å². The molecule has 1 aromatic rings. The Kier molecular flexibility index (Phi) is 12.2. The highest BCUT2D eigenvalue weighted by Gasteiger charge is 2.57. The number of ether oxygens (including phenoxy) is 9. The molecule has 17 atom stereocenters. The van der Waals surface area contributed by atoms with E-state index in [-0.39, 0.29) is 41.0 Å². The van der Waals surface area contributed by atoms with Gasteiger partial charge in [-0.3, -0.25) is 9.59 Å². The summed E-state index contributed by atoms with van der Waals surface area (Å²) in [5, 5.41) is 10.4. The van der Waals surface area contributed by atoms with Gasteiger partial charge in [0.05, 0.1) is 48.3 Å². The number of ketones is 2. The number of hydrogen-bond acceptors (Lipinski definition) is 13. The third-order valence-electron chi connectivity index (χ3n) is 14.0. The van der Waals surface area contributed by atoms with Gasteiger partial charge in [0.1, 0.15) is 36.0 Å². The largest absolute Gasteiger partial charge is 0.469 e. The number of hydrogen-bond donors (Lipinski definition) is 1. The number of carbonyl (C=O) groups excluding carboxylic acids is 2. The maximum absolute atomic E-state index is 14.1. The SMILES string of the molecule is CO[C@H]1C[C@H](O[C@@H]2[C@H](C)O[C@@H](O[C@H]3[C@@H](OC)C[C@H](O[C@@H]4CC5=CC[C@H]6C(=O)[C@@](C)(c7ccoc7C)CC[C@@H]6[C@@]5(C)CC4=O)O[C@@H]3C)C[C@@H]2OC)O[C@H](C)[C@H]1O. The molecule has 308 valence electrons. The van der Waals surface area contributed by atoms with Gasteiger partial charge < -0.3 is 52.2 Å². The molecule has 1 N–H and O–H groups in total. The molecule has 0 radical (unpaired) electrons. The number of fused-ring (bicyclic) bond motifs is 3. The van der Waals surface area contributed by atoms with Crippen LogP contribution in [0, 0.1) is 24.2 Å². The van der Waals surface area contributed by atoms with Crippen LogP contribution >= 0.6 is 0 Å². The van der Waals surface area contributed by atoms with Crippen LogP contribution in [0.4, 0.5) is 0 Å². The molecular weight excluding hydrogens is 712 g/mol. The van der Waals surface area contributed by atoms with Gasteiger partial charge in [-0.15, -0.1) is 0 Å². The number of methoxy groups -OCH3 is 3. The molecule has 6 aliphatic rings. The number of aryl methyl sites for hydroxylation is 1. The highest BCUT2D eigenvalue weighted by atomic mass is 16.7. The van der Waals surface area contributed by atoms with Crippen LogP contribution in [-0.2, 0) is 57.6 Å². The molecule has 3 aliphatic heterocycles. The number of allylic oxidation sites excluding steroid dienone is 1. The van der Waals surface area contributed by atoms with Crippen molar-refractivity contribution >= 4 is 11.6 Å². The molecule has 0 amide bonds. The zero-order valence-electron chi connectivity index (χ0n) is 33.9. The van der Waals surface area contributed by atoms with Crippen LogP contribution in [0.25, 0.3) is 0 Å². The van der Waals surface area contributed by atoms with Crippen LogP contribution in [0.5, 0.6) is 0 Å². The molecule has 13 nitrogen and oxygen atoms in total. The summed E-state index contributed by atoms with van der Waals surface area (Å²) in [6.07, 6.45) is 1.65. The summed E-state index contributed by atoms with van der Waals surface area (Å²) in [6.45, 7) is 11.8. The van der Waals surface area contributed by atoms with Crippen molar-refractivity contribution in [1.29, 1.82) is 0 Å². The molecule has 3 saturated heterocycles. The Hall–Kier alpha value is -2.04. The summed E-state index contributed by atoms with van der Waals surface area (Å²) in [4.78, 5) is 28.0. The van der Waals surface area contributed by atoms with Gasteiger partial charge >= 0.3 is 0 Å². The molecule has 0 spiro atoms. The van der Waals surface area contributed by atoms with Crippen LogP contribution in [0.2, 0.25) is 0 Å². The smallest absolute Gasteiger partial charge is 0.162 e. The highest BCUT2D eigenvalue weighted by molar-refractivity contribution is 5.94. The maximum Gasteiger partial charge on any atom is 0.162 e. The minimum absolute atomic E-state index is 0.0457. The summed E-state index contributed by atoms with van der Waals surface area (Å²) in [5.41, 5.74) is 1.23. The summed E-state index contributed by atoms with van der Waals surface area (Å²) < 4.78 is 60.9. The molecule has 55 heavy (non-hydrogen) atoms. The Bertz CT molecular complexity index is 1560. The quantitative estimate of drug-likeness (QED) is 0.314. The Balaban J connectivity index is 0.951. The van der Waals surface area contributed by atoms with Crippen molar-refractivity contribution in [3.63, 3.8) is 0 Å². The van der Waals surface area contributed by atoms with Gasteiger partial charge in [0.2, 0.25) is 0 Å². The van der Waals surface area contributed by atoms with E-state index in [0.29, 0.717) is 38.5 Å². The van der Waals surface area contributed by atoms with E-state index in [1.807, 2.05) is 26.8 Å². The first kappa shape index (κ1) is 41.1. The summed E-state index contributed by atoms with van der Waals surface area (Å²) in [7, 11) is 4.85. The molecular formula is C42H62O13. The third kappa shape index (κ3) is 7.68. The first-order valence-electron chi connectivity index (χ1n) is 20.2. The number of furan rings is 1. The van der Waals surface area contributed by atoms with E-state index in [1.54, 1.807) is 34.5 Å². The molecule has 0 unspecified atom stereocenters. The van der Waals surface area contributed by atoms with Gasteiger partial charge in [0.15, 0.2) is 24.7 Å². The van der Waals surface area contributed by atoms with Crippen molar-refractivity contribution < 1.29 is 61.7 Å². The molecule has 1 aromatic heterocycles. The molecule has 5 fully saturated rings. The van der Waals surface area contributed by atoms with Gasteiger partial charge in [0, 0.05) is 64.9 Å². The fraction of sp³-hybridized carbons (Fsp3) is 0.810. The van der Waals surface area contributed by atoms with E-state index in [1.165, 1.54) is 5.57 Å². The lowest BCUT2D eigenvalue weighted by atomic mass is 9.49. The van der Waals surface area contributed by atoms with Crippen molar-refractivity contribution in [3.05, 3.63) is 35.3 Å². The number of aliphatic hydroxyl groups excluding tert-OH is 1. The maximum atomic E-state index is 14.1. The second kappa shape index (κ2) is 16.3. The van der Waals surface area contributed by atoms with Crippen LogP contribution in [0.15, 0.2) is 28.4 Å². The van der Waals surface area contributed by atoms with Crippen LogP contribution in [-0.4, -0.2) is 118 Å². The molecule has 2 saturated carbocycles. The summed E-state index contributed by atoms with van der Waals surface area (Å²) in [6, 6.07) is 1.94. The lowest BCUT2D eigenvalue weighted by Gasteiger charge is -2.54. The average molecular weight is 775 g/mol. The minimum atomic E-state index is -0.735. The lowest BCUT2D eigenvalue weighted by Crippen LogP contribution is -2.57. The van der Waals surface area contributed by atoms with Gasteiger partial charge in [0.25, 0.3) is 0 Å². The number of rotatable bonds is 10. The van der Waals surface area contributed by atoms with E-state index in [0.717, 1.165) is 24.2 Å². The van der Waals surface area contributed by atoms with Gasteiger partial charge in [-0.2, -0.15) is 0 Å². The first-order valence-corrected chi connectivity index (χ1v) is 20.2. The third-order valence-corrected chi connectivity index (χ3v) is 14.0. The van der Waals surface area contributed by atoms with Crippen LogP contribution < -0.4 is 0 Å². The first-order chi connectivity index (χ1) is 26.2. The topological polar surface area (TPSA) is 151 Å². The normalized spacial score (nSPS) is 46.5. The van der Waals surface area contributed by atoms with E-state index in [4.69, 9.17) is 47.0 Å². The van der Waals surface area contributed by atoms with Gasteiger partial charge in [-0.05, 0) is 71.3 Å². The summed E-state index contributed by atoms with van der Waals surface area (Å²) >= 11 is 0. The van der Waals surface area contributed by atoms with E-state index >= 15 is 0 Å². The Labute approximate surface area is 325 Å². The predicted molar refractivity (Wildman–Crippen MR) is 197 cm³/mol. The van der Waals surface area contributed by atoms with E-state index in [2.05, 4.69) is 19.9 Å². The van der Waals surface area contributed by atoms with Crippen molar-refractivity contribution in [2.24, 2.45) is 17.3 Å². The fourth-order valence-corrected chi connectivity index (χ4v) is 10.7. The second-order valence-electron chi connectivity index (χ2n) is 17.2. The summed E-state index contributed by atoms with van der Waals surface area (Å²) in [5.74, 6) is 1.08. The number of Topliss-reactive ketones (excluding diaryl/α,β-unsaturated/α-hetero) is 2. The zero-order chi connectivity index (χ0) is 39.4. The molecule has 7 rings (SSSR count). The average Bonchev–Trinajstić information content (AvgIpc) is 3.59. The monoisotopic (exact) mass is 774 g/mol. The predicted octanol–water partition coefficient (Wildman–Crippen LogP) is 5.11. The number of carbonyl (C=O) groups is 2. The van der Waals surface area contributed by atoms with E-state index in [9.17, 15) is 14.7 Å². The van der Waals surface area contributed by atoms with Crippen molar-refractivity contribution in [3.8, 4) is 0 Å². The van der Waals surface area contributed by atoms with Crippen LogP contribution in [0.3, 0.4) is 0 Å². The Morgan fingerprint density at radius 1 is 0.800 bits per heavy atom. The van der Waals surface area contributed by atoms with E-state index < -0.39 is 73.1 Å². The van der Waals surface area contributed by atoms with Gasteiger partial charge in [-0.25, -0.2) is 0 Å². The lowest BCUT2D eigenvalue weighted by molar-refractivity contribution is -0.337. The minimum Gasteiger partial charge on any atom is -0.469 e.